The molecular formula is C19H22. The Bertz CT molecular complexity index is 566. The SMILES string of the molecule is Cc1ccc(C2CC2c2ccc(C)cc2C)c(C)c1. The average Bonchev–Trinajstić information content (AvgIpc) is 3.08. The summed E-state index contributed by atoms with van der Waals surface area (Å²) in [5, 5.41) is 0. The minimum Gasteiger partial charge on any atom is -0.0590 e. The van der Waals surface area contributed by atoms with Crippen molar-refractivity contribution in [2.45, 2.75) is 46.0 Å². The lowest BCUT2D eigenvalue weighted by Gasteiger charge is -2.09. The molecular weight excluding hydrogens is 228 g/mol. The summed E-state index contributed by atoms with van der Waals surface area (Å²) in [7, 11) is 0. The van der Waals surface area contributed by atoms with Crippen molar-refractivity contribution in [1.82, 2.24) is 0 Å². The number of benzene rings is 2. The van der Waals surface area contributed by atoms with Crippen LogP contribution < -0.4 is 0 Å². The highest BCUT2D eigenvalue weighted by molar-refractivity contribution is 5.44. The summed E-state index contributed by atoms with van der Waals surface area (Å²) in [5.41, 5.74) is 8.75. The van der Waals surface area contributed by atoms with E-state index in [1.807, 2.05) is 0 Å². The topological polar surface area (TPSA) is 0 Å². The molecule has 1 aliphatic rings. The van der Waals surface area contributed by atoms with E-state index in [0.29, 0.717) is 0 Å². The van der Waals surface area contributed by atoms with Gasteiger partial charge in [-0.3, -0.25) is 0 Å². The molecule has 2 atom stereocenters. The van der Waals surface area contributed by atoms with Crippen molar-refractivity contribution in [3.63, 3.8) is 0 Å². The quantitative estimate of drug-likeness (QED) is 0.688. The van der Waals surface area contributed by atoms with Gasteiger partial charge in [-0.1, -0.05) is 47.5 Å². The molecule has 1 aliphatic carbocycles. The molecule has 2 unspecified atom stereocenters. The van der Waals surface area contributed by atoms with E-state index in [4.69, 9.17) is 0 Å². The molecule has 0 saturated heterocycles. The van der Waals surface area contributed by atoms with Crippen LogP contribution in [0.2, 0.25) is 0 Å². The summed E-state index contributed by atoms with van der Waals surface area (Å²) >= 11 is 0. The molecule has 0 aliphatic heterocycles. The van der Waals surface area contributed by atoms with Crippen LogP contribution in [-0.2, 0) is 0 Å². The third-order valence-corrected chi connectivity index (χ3v) is 4.44. The van der Waals surface area contributed by atoms with Crippen molar-refractivity contribution < 1.29 is 0 Å². The summed E-state index contributed by atoms with van der Waals surface area (Å²) < 4.78 is 0. The second-order valence-electron chi connectivity index (χ2n) is 6.17. The molecule has 0 radical (unpaired) electrons. The monoisotopic (exact) mass is 250 g/mol. The van der Waals surface area contributed by atoms with Gasteiger partial charge in [-0.2, -0.15) is 0 Å². The largest absolute Gasteiger partial charge is 0.0590 e. The first-order valence-corrected chi connectivity index (χ1v) is 7.20. The summed E-state index contributed by atoms with van der Waals surface area (Å²) in [6, 6.07) is 13.8. The molecule has 3 rings (SSSR count). The number of rotatable bonds is 2. The fraction of sp³-hybridized carbons (Fsp3) is 0.368. The predicted octanol–water partition coefficient (Wildman–Crippen LogP) is 5.19. The summed E-state index contributed by atoms with van der Waals surface area (Å²) in [4.78, 5) is 0. The molecule has 0 heteroatoms. The first-order chi connectivity index (χ1) is 9.06. The summed E-state index contributed by atoms with van der Waals surface area (Å²) in [5.74, 6) is 1.48. The normalized spacial score (nSPS) is 21.5. The smallest absolute Gasteiger partial charge is 0.00841 e. The highest BCUT2D eigenvalue weighted by Gasteiger charge is 2.40. The Morgan fingerprint density at radius 2 is 1.11 bits per heavy atom. The van der Waals surface area contributed by atoms with Gasteiger partial charge >= 0.3 is 0 Å². The highest BCUT2D eigenvalue weighted by Crippen LogP contribution is 2.56. The van der Waals surface area contributed by atoms with Crippen LogP contribution in [0.1, 0.15) is 51.6 Å². The zero-order valence-electron chi connectivity index (χ0n) is 12.3. The van der Waals surface area contributed by atoms with E-state index in [2.05, 4.69) is 64.1 Å². The van der Waals surface area contributed by atoms with E-state index >= 15 is 0 Å². The molecule has 2 aromatic rings. The molecule has 98 valence electrons. The second kappa shape index (κ2) is 4.52. The van der Waals surface area contributed by atoms with Gasteiger partial charge in [0.2, 0.25) is 0 Å². The minimum atomic E-state index is 0.738. The lowest BCUT2D eigenvalue weighted by atomic mass is 9.96. The van der Waals surface area contributed by atoms with Gasteiger partial charge in [0.05, 0.1) is 0 Å². The average molecular weight is 250 g/mol. The van der Waals surface area contributed by atoms with Gasteiger partial charge in [0.25, 0.3) is 0 Å². The fourth-order valence-corrected chi connectivity index (χ4v) is 3.37. The van der Waals surface area contributed by atoms with E-state index < -0.39 is 0 Å². The van der Waals surface area contributed by atoms with Crippen molar-refractivity contribution in [3.05, 3.63) is 69.8 Å². The minimum absolute atomic E-state index is 0.738. The van der Waals surface area contributed by atoms with Crippen LogP contribution in [0.25, 0.3) is 0 Å². The zero-order chi connectivity index (χ0) is 13.6. The second-order valence-corrected chi connectivity index (χ2v) is 6.17. The molecule has 0 amide bonds. The van der Waals surface area contributed by atoms with Crippen molar-refractivity contribution in [2.75, 3.05) is 0 Å². The molecule has 19 heavy (non-hydrogen) atoms. The molecule has 0 heterocycles. The third kappa shape index (κ3) is 2.32. The maximum absolute atomic E-state index is 2.33. The van der Waals surface area contributed by atoms with Crippen LogP contribution in [0.5, 0.6) is 0 Å². The summed E-state index contributed by atoms with van der Waals surface area (Å²) in [6.07, 6.45) is 1.31. The van der Waals surface area contributed by atoms with E-state index in [1.54, 1.807) is 11.1 Å². The Labute approximate surface area is 116 Å². The van der Waals surface area contributed by atoms with Gasteiger partial charge in [-0.25, -0.2) is 0 Å². The standard InChI is InChI=1S/C19H22/c1-12-5-7-16(14(3)9-12)18-11-19(18)17-8-6-13(2)10-15(17)4/h5-10,18-19H,11H2,1-4H3. The van der Waals surface area contributed by atoms with Gasteiger partial charge in [0.1, 0.15) is 0 Å². The van der Waals surface area contributed by atoms with Gasteiger partial charge in [-0.05, 0) is 68.2 Å². The van der Waals surface area contributed by atoms with Crippen LogP contribution in [0.4, 0.5) is 0 Å². The van der Waals surface area contributed by atoms with Gasteiger partial charge in [0, 0.05) is 0 Å². The Hall–Kier alpha value is -1.56. The van der Waals surface area contributed by atoms with Gasteiger partial charge < -0.3 is 0 Å². The molecule has 1 saturated carbocycles. The molecule has 0 aromatic heterocycles. The number of hydrogen-bond donors (Lipinski definition) is 0. The maximum atomic E-state index is 2.33. The first kappa shape index (κ1) is 12.5. The summed E-state index contributed by atoms with van der Waals surface area (Å²) in [6.45, 7) is 8.84. The maximum Gasteiger partial charge on any atom is -0.00841 e. The number of hydrogen-bond acceptors (Lipinski definition) is 0. The lowest BCUT2D eigenvalue weighted by molar-refractivity contribution is 0.996. The Morgan fingerprint density at radius 3 is 1.47 bits per heavy atom. The van der Waals surface area contributed by atoms with E-state index in [0.717, 1.165) is 11.8 Å². The molecule has 0 bridgehead atoms. The van der Waals surface area contributed by atoms with Crippen molar-refractivity contribution in [3.8, 4) is 0 Å². The number of aryl methyl sites for hydroxylation is 4. The third-order valence-electron chi connectivity index (χ3n) is 4.44. The van der Waals surface area contributed by atoms with Gasteiger partial charge in [0.15, 0.2) is 0 Å². The van der Waals surface area contributed by atoms with Crippen LogP contribution in [0, 0.1) is 27.7 Å². The Balaban J connectivity index is 1.88. The van der Waals surface area contributed by atoms with Gasteiger partial charge in [-0.15, -0.1) is 0 Å². The zero-order valence-corrected chi connectivity index (χ0v) is 12.3. The van der Waals surface area contributed by atoms with Crippen molar-refractivity contribution in [1.29, 1.82) is 0 Å². The van der Waals surface area contributed by atoms with Crippen molar-refractivity contribution in [2.24, 2.45) is 0 Å². The fourth-order valence-electron chi connectivity index (χ4n) is 3.37. The molecule has 0 spiro atoms. The van der Waals surface area contributed by atoms with E-state index in [-0.39, 0.29) is 0 Å². The Kier molecular flexibility index (Phi) is 2.97. The van der Waals surface area contributed by atoms with E-state index in [9.17, 15) is 0 Å². The Morgan fingerprint density at radius 1 is 0.684 bits per heavy atom. The van der Waals surface area contributed by atoms with Crippen LogP contribution in [-0.4, -0.2) is 0 Å². The van der Waals surface area contributed by atoms with Crippen LogP contribution >= 0.6 is 0 Å². The molecule has 0 nitrogen and oxygen atoms in total. The van der Waals surface area contributed by atoms with Crippen LogP contribution in [0.3, 0.4) is 0 Å². The lowest BCUT2D eigenvalue weighted by Crippen LogP contribution is -1.92. The van der Waals surface area contributed by atoms with Crippen LogP contribution in [0.15, 0.2) is 36.4 Å². The predicted molar refractivity (Wildman–Crippen MR) is 81.9 cm³/mol. The van der Waals surface area contributed by atoms with E-state index in [1.165, 1.54) is 28.7 Å². The molecule has 0 N–H and O–H groups in total. The first-order valence-electron chi connectivity index (χ1n) is 7.20. The van der Waals surface area contributed by atoms with Crippen molar-refractivity contribution >= 4 is 0 Å². The highest BCUT2D eigenvalue weighted by atomic mass is 14.4. The molecule has 1 fully saturated rings. The molecule has 2 aromatic carbocycles.